The first kappa shape index (κ1) is 15.7. The number of aromatic nitrogens is 1. The van der Waals surface area contributed by atoms with Gasteiger partial charge in [-0.05, 0) is 26.8 Å². The fourth-order valence-electron chi connectivity index (χ4n) is 2.40. The average Bonchev–Trinajstić information content (AvgIpc) is 2.96. The molecule has 1 amide bonds. The molecule has 1 aliphatic rings. The van der Waals surface area contributed by atoms with E-state index in [0.29, 0.717) is 17.8 Å². The summed E-state index contributed by atoms with van der Waals surface area (Å²) in [7, 11) is 0. The number of Topliss-reactive ketones (excluding diaryl/α,β-unsaturated/α-hetero) is 1. The normalized spacial score (nSPS) is 16.7. The Balaban J connectivity index is 1.91. The van der Waals surface area contributed by atoms with Gasteiger partial charge in [-0.25, -0.2) is 0 Å². The van der Waals surface area contributed by atoms with Gasteiger partial charge in [0.05, 0.1) is 13.2 Å². The number of hydrogen-bond donors (Lipinski definition) is 2. The Morgan fingerprint density at radius 2 is 2.05 bits per heavy atom. The highest BCUT2D eigenvalue weighted by molar-refractivity contribution is 5.99. The molecule has 1 saturated heterocycles. The summed E-state index contributed by atoms with van der Waals surface area (Å²) < 4.78 is 5.35. The Hall–Kier alpha value is -1.66. The van der Waals surface area contributed by atoms with Gasteiger partial charge in [-0.3, -0.25) is 14.5 Å². The lowest BCUT2D eigenvalue weighted by atomic mass is 10.0. The molecule has 0 bridgehead atoms. The second kappa shape index (κ2) is 6.41. The van der Waals surface area contributed by atoms with Crippen LogP contribution < -0.4 is 5.32 Å². The summed E-state index contributed by atoms with van der Waals surface area (Å²) in [6, 6.07) is 1.58. The number of amides is 1. The van der Waals surface area contributed by atoms with E-state index >= 15 is 0 Å². The average molecular weight is 293 g/mol. The zero-order valence-electron chi connectivity index (χ0n) is 12.9. The zero-order chi connectivity index (χ0) is 15.5. The van der Waals surface area contributed by atoms with Crippen molar-refractivity contribution in [3.63, 3.8) is 0 Å². The molecule has 0 atom stereocenters. The van der Waals surface area contributed by atoms with Gasteiger partial charge in [-0.2, -0.15) is 0 Å². The highest BCUT2D eigenvalue weighted by Crippen LogP contribution is 2.15. The predicted octanol–water partition coefficient (Wildman–Crippen LogP) is 1.06. The maximum atomic E-state index is 12.1. The quantitative estimate of drug-likeness (QED) is 0.796. The molecule has 0 spiro atoms. The molecule has 0 aromatic carbocycles. The molecule has 0 saturated carbocycles. The molecule has 1 fully saturated rings. The molecule has 6 nitrogen and oxygen atoms in total. The van der Waals surface area contributed by atoms with Crippen LogP contribution in [0.25, 0.3) is 0 Å². The number of hydrogen-bond acceptors (Lipinski definition) is 4. The van der Waals surface area contributed by atoms with Crippen molar-refractivity contribution in [2.24, 2.45) is 0 Å². The minimum atomic E-state index is -0.191. The number of aromatic amines is 1. The van der Waals surface area contributed by atoms with E-state index in [4.69, 9.17) is 4.74 Å². The SMILES string of the molecule is CC(=O)c1c[nH]c(C(=O)NCC(C)(C)N2CCOCC2)c1. The van der Waals surface area contributed by atoms with E-state index in [-0.39, 0.29) is 17.2 Å². The Kier molecular flexibility index (Phi) is 4.80. The van der Waals surface area contributed by atoms with Crippen molar-refractivity contribution in [1.29, 1.82) is 0 Å². The van der Waals surface area contributed by atoms with Crippen LogP contribution in [0.1, 0.15) is 41.6 Å². The number of nitrogens with one attached hydrogen (secondary N) is 2. The lowest BCUT2D eigenvalue weighted by Gasteiger charge is -2.40. The van der Waals surface area contributed by atoms with E-state index in [9.17, 15) is 9.59 Å². The number of ketones is 1. The van der Waals surface area contributed by atoms with Crippen LogP contribution in [0.2, 0.25) is 0 Å². The molecular formula is C15H23N3O3. The van der Waals surface area contributed by atoms with Crippen molar-refractivity contribution in [3.8, 4) is 0 Å². The fraction of sp³-hybridized carbons (Fsp3) is 0.600. The van der Waals surface area contributed by atoms with Crippen LogP contribution in [0.4, 0.5) is 0 Å². The van der Waals surface area contributed by atoms with E-state index in [1.165, 1.54) is 6.92 Å². The van der Waals surface area contributed by atoms with E-state index in [2.05, 4.69) is 29.0 Å². The van der Waals surface area contributed by atoms with Crippen LogP contribution in [-0.2, 0) is 4.74 Å². The summed E-state index contributed by atoms with van der Waals surface area (Å²) >= 11 is 0. The first-order valence-electron chi connectivity index (χ1n) is 7.20. The molecule has 21 heavy (non-hydrogen) atoms. The number of H-pyrrole nitrogens is 1. The van der Waals surface area contributed by atoms with E-state index < -0.39 is 0 Å². The number of rotatable bonds is 5. The molecule has 1 aromatic rings. The molecule has 2 rings (SSSR count). The van der Waals surface area contributed by atoms with Gasteiger partial charge in [0, 0.05) is 36.9 Å². The number of ether oxygens (including phenoxy) is 1. The third kappa shape index (κ3) is 3.92. The Bertz CT molecular complexity index is 516. The highest BCUT2D eigenvalue weighted by atomic mass is 16.5. The van der Waals surface area contributed by atoms with Crippen LogP contribution in [-0.4, -0.2) is 60.0 Å². The molecule has 116 valence electrons. The Morgan fingerprint density at radius 3 is 2.62 bits per heavy atom. The molecular weight excluding hydrogens is 270 g/mol. The molecule has 0 unspecified atom stereocenters. The topological polar surface area (TPSA) is 74.4 Å². The predicted molar refractivity (Wildman–Crippen MR) is 79.6 cm³/mol. The molecule has 2 N–H and O–H groups in total. The van der Waals surface area contributed by atoms with Gasteiger partial charge in [-0.15, -0.1) is 0 Å². The van der Waals surface area contributed by atoms with Crippen molar-refractivity contribution in [2.45, 2.75) is 26.3 Å². The second-order valence-electron chi connectivity index (χ2n) is 5.95. The van der Waals surface area contributed by atoms with Gasteiger partial charge in [-0.1, -0.05) is 0 Å². The van der Waals surface area contributed by atoms with E-state index in [1.54, 1.807) is 12.3 Å². The summed E-state index contributed by atoms with van der Waals surface area (Å²) in [6.45, 7) is 9.45. The van der Waals surface area contributed by atoms with Gasteiger partial charge >= 0.3 is 0 Å². The highest BCUT2D eigenvalue weighted by Gasteiger charge is 2.28. The van der Waals surface area contributed by atoms with Gasteiger partial charge < -0.3 is 15.0 Å². The summed E-state index contributed by atoms with van der Waals surface area (Å²) in [5.41, 5.74) is 0.806. The molecule has 1 aliphatic heterocycles. The molecule has 2 heterocycles. The fourth-order valence-corrected chi connectivity index (χ4v) is 2.40. The van der Waals surface area contributed by atoms with Crippen molar-refractivity contribution in [2.75, 3.05) is 32.8 Å². The zero-order valence-corrected chi connectivity index (χ0v) is 12.9. The molecule has 6 heteroatoms. The molecule has 0 radical (unpaired) electrons. The van der Waals surface area contributed by atoms with Crippen LogP contribution >= 0.6 is 0 Å². The number of morpholine rings is 1. The van der Waals surface area contributed by atoms with Crippen molar-refractivity contribution in [3.05, 3.63) is 23.5 Å². The molecule has 1 aromatic heterocycles. The van der Waals surface area contributed by atoms with Gasteiger partial charge in [0.1, 0.15) is 5.69 Å². The summed E-state index contributed by atoms with van der Waals surface area (Å²) in [6.07, 6.45) is 1.56. The van der Waals surface area contributed by atoms with Crippen LogP contribution in [0, 0.1) is 0 Å². The maximum Gasteiger partial charge on any atom is 0.267 e. The van der Waals surface area contributed by atoms with Crippen molar-refractivity contribution >= 4 is 11.7 Å². The van der Waals surface area contributed by atoms with Gasteiger partial charge in [0.25, 0.3) is 5.91 Å². The summed E-state index contributed by atoms with van der Waals surface area (Å²) in [5, 5.41) is 2.92. The van der Waals surface area contributed by atoms with E-state index in [0.717, 1.165) is 26.3 Å². The number of nitrogens with zero attached hydrogens (tertiary/aromatic N) is 1. The monoisotopic (exact) mass is 293 g/mol. The van der Waals surface area contributed by atoms with Crippen LogP contribution in [0.3, 0.4) is 0 Å². The minimum Gasteiger partial charge on any atom is -0.379 e. The number of carbonyl (C=O) groups is 2. The largest absolute Gasteiger partial charge is 0.379 e. The third-order valence-corrected chi connectivity index (χ3v) is 3.88. The van der Waals surface area contributed by atoms with Crippen LogP contribution in [0.15, 0.2) is 12.3 Å². The minimum absolute atomic E-state index is 0.0565. The summed E-state index contributed by atoms with van der Waals surface area (Å²) in [5.74, 6) is -0.247. The maximum absolute atomic E-state index is 12.1. The third-order valence-electron chi connectivity index (χ3n) is 3.88. The Labute approximate surface area is 124 Å². The molecule has 0 aliphatic carbocycles. The summed E-state index contributed by atoms with van der Waals surface area (Å²) in [4.78, 5) is 28.5. The van der Waals surface area contributed by atoms with E-state index in [1.807, 2.05) is 0 Å². The van der Waals surface area contributed by atoms with Crippen molar-refractivity contribution < 1.29 is 14.3 Å². The smallest absolute Gasteiger partial charge is 0.267 e. The lowest BCUT2D eigenvalue weighted by molar-refractivity contribution is -0.00924. The van der Waals surface area contributed by atoms with Crippen molar-refractivity contribution in [1.82, 2.24) is 15.2 Å². The Morgan fingerprint density at radius 1 is 1.38 bits per heavy atom. The number of carbonyl (C=O) groups excluding carboxylic acids is 2. The van der Waals surface area contributed by atoms with Crippen LogP contribution in [0.5, 0.6) is 0 Å². The second-order valence-corrected chi connectivity index (χ2v) is 5.95. The standard InChI is InChI=1S/C15H23N3O3/c1-11(19)12-8-13(16-9-12)14(20)17-10-15(2,3)18-4-6-21-7-5-18/h8-9,16H,4-7,10H2,1-3H3,(H,17,20). The lowest BCUT2D eigenvalue weighted by Crippen LogP contribution is -2.55. The van der Waals surface area contributed by atoms with Gasteiger partial charge in [0.15, 0.2) is 5.78 Å². The van der Waals surface area contributed by atoms with Gasteiger partial charge in [0.2, 0.25) is 0 Å². The first-order chi connectivity index (χ1) is 9.90. The first-order valence-corrected chi connectivity index (χ1v) is 7.20.